The third-order valence-electron chi connectivity index (χ3n) is 3.61. The van der Waals surface area contributed by atoms with Crippen molar-refractivity contribution < 1.29 is 5.11 Å². The van der Waals surface area contributed by atoms with Gasteiger partial charge in [0.15, 0.2) is 5.82 Å². The molecule has 4 heteroatoms. The van der Waals surface area contributed by atoms with E-state index in [9.17, 15) is 5.11 Å². The van der Waals surface area contributed by atoms with Gasteiger partial charge in [0.2, 0.25) is 0 Å². The molecule has 0 bridgehead atoms. The highest BCUT2D eigenvalue weighted by Crippen LogP contribution is 2.21. The molecular weight excluding hydrogens is 274 g/mol. The Bertz CT molecular complexity index is 745. The van der Waals surface area contributed by atoms with Crippen molar-refractivity contribution in [3.05, 3.63) is 71.7 Å². The molecule has 3 aromatic rings. The maximum atomic E-state index is 10.5. The van der Waals surface area contributed by atoms with Gasteiger partial charge >= 0.3 is 0 Å². The van der Waals surface area contributed by atoms with E-state index < -0.39 is 6.10 Å². The molecule has 0 saturated heterocycles. The third-order valence-corrected chi connectivity index (χ3v) is 3.61. The highest BCUT2D eigenvalue weighted by Gasteiger charge is 2.13. The van der Waals surface area contributed by atoms with Crippen LogP contribution >= 0.6 is 0 Å². The average molecular weight is 293 g/mol. The summed E-state index contributed by atoms with van der Waals surface area (Å²) in [6.07, 6.45) is 4.78. The number of aromatic nitrogens is 3. The van der Waals surface area contributed by atoms with Crippen LogP contribution in [0, 0.1) is 13.8 Å². The van der Waals surface area contributed by atoms with Crippen LogP contribution in [0.1, 0.15) is 22.8 Å². The summed E-state index contributed by atoms with van der Waals surface area (Å²) in [5.41, 5.74) is 4.05. The molecule has 2 aromatic heterocycles. The summed E-state index contributed by atoms with van der Waals surface area (Å²) >= 11 is 0. The quantitative estimate of drug-likeness (QED) is 0.803. The number of aryl methyl sites for hydroxylation is 2. The van der Waals surface area contributed by atoms with Gasteiger partial charge in [0.05, 0.1) is 12.6 Å². The molecule has 22 heavy (non-hydrogen) atoms. The van der Waals surface area contributed by atoms with Gasteiger partial charge in [-0.25, -0.2) is 4.98 Å². The molecule has 112 valence electrons. The lowest BCUT2D eigenvalue weighted by molar-refractivity contribution is 0.157. The molecule has 1 atom stereocenters. The van der Waals surface area contributed by atoms with Gasteiger partial charge in [-0.2, -0.15) is 0 Å². The van der Waals surface area contributed by atoms with Gasteiger partial charge in [-0.05, 0) is 31.5 Å². The van der Waals surface area contributed by atoms with Crippen molar-refractivity contribution in [1.82, 2.24) is 14.5 Å². The van der Waals surface area contributed by atoms with Crippen LogP contribution in [-0.4, -0.2) is 19.6 Å². The highest BCUT2D eigenvalue weighted by atomic mass is 16.3. The second-order valence-electron chi connectivity index (χ2n) is 5.56. The Hall–Kier alpha value is -2.46. The number of imidazole rings is 1. The fourth-order valence-electron chi connectivity index (χ4n) is 2.68. The molecule has 0 fully saturated rings. The molecule has 0 spiro atoms. The Morgan fingerprint density at radius 1 is 1.05 bits per heavy atom. The number of pyridine rings is 1. The van der Waals surface area contributed by atoms with Gasteiger partial charge in [-0.3, -0.25) is 4.98 Å². The van der Waals surface area contributed by atoms with E-state index in [2.05, 4.69) is 16.0 Å². The molecule has 0 radical (unpaired) electrons. The van der Waals surface area contributed by atoms with Crippen molar-refractivity contribution in [2.24, 2.45) is 0 Å². The second kappa shape index (κ2) is 6.12. The molecule has 0 saturated carbocycles. The van der Waals surface area contributed by atoms with Gasteiger partial charge in [0.1, 0.15) is 5.69 Å². The maximum absolute atomic E-state index is 10.5. The van der Waals surface area contributed by atoms with E-state index >= 15 is 0 Å². The minimum absolute atomic E-state index is 0.453. The molecule has 4 nitrogen and oxygen atoms in total. The number of aliphatic hydroxyl groups excluding tert-OH is 1. The first-order valence-corrected chi connectivity index (χ1v) is 7.32. The largest absolute Gasteiger partial charge is 0.387 e. The molecule has 0 aliphatic carbocycles. The van der Waals surface area contributed by atoms with Crippen molar-refractivity contribution in [3.8, 4) is 11.5 Å². The van der Waals surface area contributed by atoms with Gasteiger partial charge in [0.25, 0.3) is 0 Å². The molecule has 3 rings (SSSR count). The van der Waals surface area contributed by atoms with E-state index in [0.29, 0.717) is 6.54 Å². The van der Waals surface area contributed by atoms with Crippen LogP contribution in [0.4, 0.5) is 0 Å². The van der Waals surface area contributed by atoms with Gasteiger partial charge in [-0.1, -0.05) is 35.4 Å². The maximum Gasteiger partial charge on any atom is 0.158 e. The summed E-state index contributed by atoms with van der Waals surface area (Å²) in [5.74, 6) is 0.768. The zero-order valence-corrected chi connectivity index (χ0v) is 12.8. The number of benzene rings is 1. The van der Waals surface area contributed by atoms with E-state index in [1.165, 1.54) is 0 Å². The average Bonchev–Trinajstić information content (AvgIpc) is 2.95. The standard InChI is InChI=1S/C18H19N3O/c1-13-9-14(2)11-15(10-13)17(22)12-21-8-7-20-18(21)16-5-3-4-6-19-16/h3-11,17,22H,12H2,1-2H3. The van der Waals surface area contributed by atoms with Crippen molar-refractivity contribution in [2.75, 3.05) is 0 Å². The van der Waals surface area contributed by atoms with Gasteiger partial charge < -0.3 is 9.67 Å². The van der Waals surface area contributed by atoms with Crippen LogP contribution in [-0.2, 0) is 6.54 Å². The summed E-state index contributed by atoms with van der Waals surface area (Å²) < 4.78 is 1.94. The summed E-state index contributed by atoms with van der Waals surface area (Å²) in [5, 5.41) is 10.5. The lowest BCUT2D eigenvalue weighted by Gasteiger charge is -2.15. The Morgan fingerprint density at radius 3 is 2.50 bits per heavy atom. The number of rotatable bonds is 4. The zero-order chi connectivity index (χ0) is 15.5. The van der Waals surface area contributed by atoms with E-state index in [-0.39, 0.29) is 0 Å². The SMILES string of the molecule is Cc1cc(C)cc(C(O)Cn2ccnc2-c2ccccn2)c1. The predicted octanol–water partition coefficient (Wildman–Crippen LogP) is 3.30. The molecule has 1 unspecified atom stereocenters. The summed E-state index contributed by atoms with van der Waals surface area (Å²) in [7, 11) is 0. The monoisotopic (exact) mass is 293 g/mol. The Balaban J connectivity index is 1.86. The summed E-state index contributed by atoms with van der Waals surface area (Å²) in [4.78, 5) is 8.68. The second-order valence-corrected chi connectivity index (χ2v) is 5.56. The van der Waals surface area contributed by atoms with E-state index in [1.54, 1.807) is 12.4 Å². The Labute approximate surface area is 130 Å². The minimum Gasteiger partial charge on any atom is -0.387 e. The lowest BCUT2D eigenvalue weighted by Crippen LogP contribution is -2.10. The normalized spacial score (nSPS) is 12.3. The molecule has 2 heterocycles. The van der Waals surface area contributed by atoms with E-state index in [4.69, 9.17) is 0 Å². The number of aliphatic hydroxyl groups is 1. The van der Waals surface area contributed by atoms with Crippen LogP contribution in [0.3, 0.4) is 0 Å². The van der Waals surface area contributed by atoms with Crippen LogP contribution in [0.2, 0.25) is 0 Å². The van der Waals surface area contributed by atoms with Crippen LogP contribution in [0.25, 0.3) is 11.5 Å². The fraction of sp³-hybridized carbons (Fsp3) is 0.222. The van der Waals surface area contributed by atoms with E-state index in [0.717, 1.165) is 28.2 Å². The number of nitrogens with zero attached hydrogens (tertiary/aromatic N) is 3. The third kappa shape index (κ3) is 3.07. The first-order valence-electron chi connectivity index (χ1n) is 7.32. The number of hydrogen-bond donors (Lipinski definition) is 1. The Morgan fingerprint density at radius 2 is 1.82 bits per heavy atom. The predicted molar refractivity (Wildman–Crippen MR) is 86.3 cm³/mol. The molecular formula is C18H19N3O. The van der Waals surface area contributed by atoms with Crippen LogP contribution < -0.4 is 0 Å². The topological polar surface area (TPSA) is 50.9 Å². The van der Waals surface area contributed by atoms with Gasteiger partial charge in [0, 0.05) is 18.6 Å². The fourth-order valence-corrected chi connectivity index (χ4v) is 2.68. The van der Waals surface area contributed by atoms with Crippen LogP contribution in [0.15, 0.2) is 55.0 Å². The van der Waals surface area contributed by atoms with Crippen LogP contribution in [0.5, 0.6) is 0 Å². The molecule has 1 aromatic carbocycles. The van der Waals surface area contributed by atoms with Crippen molar-refractivity contribution in [1.29, 1.82) is 0 Å². The first-order chi connectivity index (χ1) is 10.6. The molecule has 0 amide bonds. The summed E-state index contributed by atoms with van der Waals surface area (Å²) in [6.45, 7) is 4.54. The number of hydrogen-bond acceptors (Lipinski definition) is 3. The molecule has 1 N–H and O–H groups in total. The minimum atomic E-state index is -0.574. The smallest absolute Gasteiger partial charge is 0.158 e. The van der Waals surface area contributed by atoms with Gasteiger partial charge in [-0.15, -0.1) is 0 Å². The molecule has 0 aliphatic heterocycles. The summed E-state index contributed by atoms with van der Waals surface area (Å²) in [6, 6.07) is 11.9. The highest BCUT2D eigenvalue weighted by molar-refractivity contribution is 5.49. The van der Waals surface area contributed by atoms with Crippen molar-refractivity contribution >= 4 is 0 Å². The lowest BCUT2D eigenvalue weighted by atomic mass is 10.0. The van der Waals surface area contributed by atoms with Crippen molar-refractivity contribution in [2.45, 2.75) is 26.5 Å². The Kier molecular flexibility index (Phi) is 4.02. The van der Waals surface area contributed by atoms with Crippen molar-refractivity contribution in [3.63, 3.8) is 0 Å². The zero-order valence-electron chi connectivity index (χ0n) is 12.8. The first kappa shape index (κ1) is 14.5. The van der Waals surface area contributed by atoms with E-state index in [1.807, 2.05) is 54.9 Å². The molecule has 0 aliphatic rings.